The maximum absolute atomic E-state index is 13.3. The van der Waals surface area contributed by atoms with E-state index in [2.05, 4.69) is 0 Å². The molecule has 2 aromatic rings. The lowest BCUT2D eigenvalue weighted by Gasteiger charge is -2.43. The summed E-state index contributed by atoms with van der Waals surface area (Å²) in [5.74, 6) is 0.689. The molecule has 154 valence electrons. The van der Waals surface area contributed by atoms with Crippen LogP contribution in [0.1, 0.15) is 30.9 Å². The number of hydrogen-bond acceptors (Lipinski definition) is 4. The highest BCUT2D eigenvalue weighted by atomic mass is 32.2. The molecule has 0 bridgehead atoms. The number of carbonyl (C=O) groups excluding carboxylic acids is 1. The number of nitrogens with zero attached hydrogens (tertiary/aromatic N) is 2. The third-order valence-electron chi connectivity index (χ3n) is 5.75. The van der Waals surface area contributed by atoms with Gasteiger partial charge in [-0.1, -0.05) is 35.9 Å². The lowest BCUT2D eigenvalue weighted by atomic mass is 9.93. The van der Waals surface area contributed by atoms with Crippen molar-refractivity contribution < 1.29 is 17.9 Å². The van der Waals surface area contributed by atoms with E-state index in [-0.39, 0.29) is 17.3 Å². The van der Waals surface area contributed by atoms with Crippen LogP contribution in [-0.4, -0.2) is 48.8 Å². The van der Waals surface area contributed by atoms with Gasteiger partial charge in [-0.05, 0) is 38.0 Å². The second-order valence-electron chi connectivity index (χ2n) is 8.02. The van der Waals surface area contributed by atoms with Crippen LogP contribution in [0.25, 0.3) is 0 Å². The Morgan fingerprint density at radius 2 is 1.79 bits per heavy atom. The number of carbonyl (C=O) groups is 1. The second kappa shape index (κ2) is 7.46. The summed E-state index contributed by atoms with van der Waals surface area (Å²) in [6.07, 6.45) is 1.38. The first-order chi connectivity index (χ1) is 13.8. The quantitative estimate of drug-likeness (QED) is 0.758. The summed E-state index contributed by atoms with van der Waals surface area (Å²) in [4.78, 5) is 14.3. The van der Waals surface area contributed by atoms with Gasteiger partial charge in [0.1, 0.15) is 11.4 Å². The minimum absolute atomic E-state index is 0.0387. The molecule has 1 fully saturated rings. The largest absolute Gasteiger partial charge is 0.484 e. The van der Waals surface area contributed by atoms with Gasteiger partial charge in [0.25, 0.3) is 0 Å². The zero-order chi connectivity index (χ0) is 20.6. The molecule has 0 N–H and O–H groups in total. The number of ether oxygens (including phenoxy) is 1. The summed E-state index contributed by atoms with van der Waals surface area (Å²) in [6.45, 7) is 4.99. The van der Waals surface area contributed by atoms with Gasteiger partial charge < -0.3 is 9.64 Å². The van der Waals surface area contributed by atoms with Gasteiger partial charge in [0.05, 0.1) is 18.0 Å². The molecule has 1 spiro atoms. The van der Waals surface area contributed by atoms with Crippen LogP contribution in [0.4, 0.5) is 0 Å². The van der Waals surface area contributed by atoms with Gasteiger partial charge in [-0.15, -0.1) is 0 Å². The summed E-state index contributed by atoms with van der Waals surface area (Å²) in [5, 5.41) is 0. The number of benzene rings is 2. The molecule has 1 saturated heterocycles. The first kappa shape index (κ1) is 19.9. The molecular formula is C22H26N2O4S. The molecule has 4 rings (SSSR count). The Kier molecular flexibility index (Phi) is 5.12. The Morgan fingerprint density at radius 3 is 2.52 bits per heavy atom. The van der Waals surface area contributed by atoms with Gasteiger partial charge in [-0.25, -0.2) is 8.42 Å². The highest BCUT2D eigenvalue weighted by Gasteiger charge is 2.45. The first-order valence-corrected chi connectivity index (χ1v) is 11.3. The van der Waals surface area contributed by atoms with Crippen molar-refractivity contribution in [1.82, 2.24) is 9.21 Å². The standard InChI is InChI=1S/C22H26N2O4S/c1-17-8-10-20(11-9-17)29(26,27)24-13-5-12-22(16-24)15-23(18(2)25)14-19-6-3-4-7-21(19)28-22/h3-4,6-11H,5,12-16H2,1-2H3/t22-/m0/s1. The molecule has 1 amide bonds. The number of para-hydroxylation sites is 1. The molecule has 0 aromatic heterocycles. The minimum Gasteiger partial charge on any atom is -0.484 e. The Labute approximate surface area is 172 Å². The normalized spacial score (nSPS) is 22.6. The fraction of sp³-hybridized carbons (Fsp3) is 0.409. The second-order valence-corrected chi connectivity index (χ2v) is 9.96. The molecule has 2 aromatic carbocycles. The fourth-order valence-electron chi connectivity index (χ4n) is 4.17. The summed E-state index contributed by atoms with van der Waals surface area (Å²) < 4.78 is 34.5. The third-order valence-corrected chi connectivity index (χ3v) is 7.61. The number of aryl methyl sites for hydroxylation is 1. The van der Waals surface area contributed by atoms with E-state index < -0.39 is 15.6 Å². The molecule has 2 aliphatic heterocycles. The van der Waals surface area contributed by atoms with Crippen LogP contribution in [0.5, 0.6) is 5.75 Å². The van der Waals surface area contributed by atoms with Gasteiger partial charge >= 0.3 is 0 Å². The summed E-state index contributed by atoms with van der Waals surface area (Å²) >= 11 is 0. The Hall–Kier alpha value is -2.38. The maximum Gasteiger partial charge on any atom is 0.243 e. The van der Waals surface area contributed by atoms with Gasteiger partial charge in [0.2, 0.25) is 15.9 Å². The molecule has 7 heteroatoms. The SMILES string of the molecule is CC(=O)N1Cc2ccccc2O[C@@]2(CCCN(S(=O)(=O)c3ccc(C)cc3)C2)C1. The summed E-state index contributed by atoms with van der Waals surface area (Å²) in [7, 11) is -3.63. The predicted octanol–water partition coefficient (Wildman–Crippen LogP) is 2.96. The Balaban J connectivity index is 1.68. The topological polar surface area (TPSA) is 66.9 Å². The molecule has 0 aliphatic carbocycles. The van der Waals surface area contributed by atoms with Crippen molar-refractivity contribution >= 4 is 15.9 Å². The number of sulfonamides is 1. The molecule has 2 heterocycles. The molecule has 6 nitrogen and oxygen atoms in total. The molecule has 0 radical (unpaired) electrons. The van der Waals surface area contributed by atoms with Gasteiger partial charge in [-0.3, -0.25) is 4.79 Å². The Morgan fingerprint density at radius 1 is 1.07 bits per heavy atom. The van der Waals surface area contributed by atoms with E-state index in [1.165, 1.54) is 4.31 Å². The lowest BCUT2D eigenvalue weighted by molar-refractivity contribution is -0.132. The number of rotatable bonds is 2. The summed E-state index contributed by atoms with van der Waals surface area (Å²) in [6, 6.07) is 14.6. The van der Waals surface area contributed by atoms with Crippen LogP contribution in [0.2, 0.25) is 0 Å². The number of amides is 1. The van der Waals surface area contributed by atoms with Crippen LogP contribution < -0.4 is 4.74 Å². The van der Waals surface area contributed by atoms with E-state index in [0.29, 0.717) is 32.5 Å². The van der Waals surface area contributed by atoms with Crippen LogP contribution in [-0.2, 0) is 21.4 Å². The average Bonchev–Trinajstić information content (AvgIpc) is 2.85. The highest BCUT2D eigenvalue weighted by Crippen LogP contribution is 2.36. The van der Waals surface area contributed by atoms with E-state index >= 15 is 0 Å². The summed E-state index contributed by atoms with van der Waals surface area (Å²) in [5.41, 5.74) is 1.20. The number of hydrogen-bond donors (Lipinski definition) is 0. The molecule has 0 saturated carbocycles. The molecular weight excluding hydrogens is 388 g/mol. The van der Waals surface area contributed by atoms with E-state index in [1.54, 1.807) is 24.0 Å². The van der Waals surface area contributed by atoms with Crippen LogP contribution >= 0.6 is 0 Å². The van der Waals surface area contributed by atoms with Crippen LogP contribution in [0, 0.1) is 6.92 Å². The van der Waals surface area contributed by atoms with E-state index in [9.17, 15) is 13.2 Å². The fourth-order valence-corrected chi connectivity index (χ4v) is 5.72. The van der Waals surface area contributed by atoms with Crippen molar-refractivity contribution in [1.29, 1.82) is 0 Å². The van der Waals surface area contributed by atoms with Crippen LogP contribution in [0.15, 0.2) is 53.4 Å². The molecule has 2 aliphatic rings. The van der Waals surface area contributed by atoms with Gasteiger partial charge in [0.15, 0.2) is 0 Å². The monoisotopic (exact) mass is 414 g/mol. The zero-order valence-corrected chi connectivity index (χ0v) is 17.6. The van der Waals surface area contributed by atoms with Gasteiger partial charge in [0, 0.05) is 25.6 Å². The van der Waals surface area contributed by atoms with Crippen molar-refractivity contribution in [2.24, 2.45) is 0 Å². The predicted molar refractivity (Wildman–Crippen MR) is 110 cm³/mol. The van der Waals surface area contributed by atoms with Crippen molar-refractivity contribution in [3.8, 4) is 5.75 Å². The van der Waals surface area contributed by atoms with Crippen molar-refractivity contribution in [2.75, 3.05) is 19.6 Å². The molecule has 29 heavy (non-hydrogen) atoms. The van der Waals surface area contributed by atoms with Crippen molar-refractivity contribution in [2.45, 2.75) is 43.7 Å². The van der Waals surface area contributed by atoms with E-state index in [0.717, 1.165) is 16.9 Å². The minimum atomic E-state index is -3.63. The van der Waals surface area contributed by atoms with Crippen LogP contribution in [0.3, 0.4) is 0 Å². The zero-order valence-electron chi connectivity index (χ0n) is 16.8. The molecule has 1 atom stereocenters. The third kappa shape index (κ3) is 3.89. The first-order valence-electron chi connectivity index (χ1n) is 9.88. The Bertz CT molecular complexity index is 1020. The highest BCUT2D eigenvalue weighted by molar-refractivity contribution is 7.89. The van der Waals surface area contributed by atoms with Gasteiger partial charge in [-0.2, -0.15) is 4.31 Å². The number of piperidine rings is 1. The smallest absolute Gasteiger partial charge is 0.243 e. The van der Waals surface area contributed by atoms with E-state index in [4.69, 9.17) is 4.74 Å². The number of fused-ring (bicyclic) bond motifs is 1. The lowest BCUT2D eigenvalue weighted by Crippen LogP contribution is -2.58. The van der Waals surface area contributed by atoms with Crippen molar-refractivity contribution in [3.05, 3.63) is 59.7 Å². The molecule has 0 unspecified atom stereocenters. The average molecular weight is 415 g/mol. The van der Waals surface area contributed by atoms with E-state index in [1.807, 2.05) is 43.3 Å². The van der Waals surface area contributed by atoms with Crippen molar-refractivity contribution in [3.63, 3.8) is 0 Å². The maximum atomic E-state index is 13.3.